The maximum Gasteiger partial charge on any atom is 0.153 e. The van der Waals surface area contributed by atoms with Gasteiger partial charge in [-0.1, -0.05) is 48.0 Å². The first-order chi connectivity index (χ1) is 11.2. The maximum absolute atomic E-state index is 11.1. The molecular weight excluding hydrogens is 310 g/mol. The van der Waals surface area contributed by atoms with Gasteiger partial charge in [0.25, 0.3) is 0 Å². The maximum atomic E-state index is 11.1. The molecule has 0 aliphatic heterocycles. The van der Waals surface area contributed by atoms with Crippen LogP contribution in [0.5, 0.6) is 0 Å². The third-order valence-corrected chi connectivity index (χ3v) is 3.89. The summed E-state index contributed by atoms with van der Waals surface area (Å²) in [7, 11) is 0. The fourth-order valence-electron chi connectivity index (χ4n) is 2.33. The van der Waals surface area contributed by atoms with Crippen LogP contribution in [0, 0.1) is 0 Å². The van der Waals surface area contributed by atoms with Gasteiger partial charge in [-0.05, 0) is 18.2 Å². The topological polar surface area (TPSA) is 68.0 Å². The van der Waals surface area contributed by atoms with Crippen LogP contribution in [0.25, 0.3) is 11.1 Å². The molecule has 0 bridgehead atoms. The molecular formula is C18H14ClN3O. The minimum atomic E-state index is 0.422. The Balaban J connectivity index is 2.09. The van der Waals surface area contributed by atoms with Crippen molar-refractivity contribution >= 4 is 35.1 Å². The predicted molar refractivity (Wildman–Crippen MR) is 94.2 cm³/mol. The van der Waals surface area contributed by atoms with Crippen molar-refractivity contribution in [1.82, 2.24) is 4.98 Å². The summed E-state index contributed by atoms with van der Waals surface area (Å²) < 4.78 is 0. The van der Waals surface area contributed by atoms with Crippen molar-refractivity contribution in [1.29, 1.82) is 0 Å². The van der Waals surface area contributed by atoms with Gasteiger partial charge in [0.15, 0.2) is 12.1 Å². The van der Waals surface area contributed by atoms with Gasteiger partial charge >= 0.3 is 0 Å². The second-order valence-corrected chi connectivity index (χ2v) is 5.32. The number of nitrogens with two attached hydrogens (primary N) is 1. The number of hydrogen-bond donors (Lipinski definition) is 2. The molecule has 0 atom stereocenters. The molecule has 5 heteroatoms. The van der Waals surface area contributed by atoms with Crippen LogP contribution in [0.15, 0.2) is 60.8 Å². The molecule has 0 aliphatic rings. The molecule has 0 saturated heterocycles. The molecule has 3 aromatic rings. The highest BCUT2D eigenvalue weighted by atomic mass is 35.5. The van der Waals surface area contributed by atoms with E-state index in [1.807, 2.05) is 30.3 Å². The van der Waals surface area contributed by atoms with Crippen molar-refractivity contribution in [3.63, 3.8) is 0 Å². The van der Waals surface area contributed by atoms with Gasteiger partial charge in [-0.3, -0.25) is 4.79 Å². The van der Waals surface area contributed by atoms with Gasteiger partial charge in [0.1, 0.15) is 0 Å². The Morgan fingerprint density at radius 2 is 1.78 bits per heavy atom. The second kappa shape index (κ2) is 6.50. The molecule has 0 amide bonds. The van der Waals surface area contributed by atoms with Crippen LogP contribution in [-0.2, 0) is 0 Å². The van der Waals surface area contributed by atoms with Crippen LogP contribution >= 0.6 is 11.6 Å². The van der Waals surface area contributed by atoms with Crippen LogP contribution in [-0.4, -0.2) is 11.3 Å². The number of halogens is 1. The zero-order chi connectivity index (χ0) is 16.2. The van der Waals surface area contributed by atoms with Crippen LogP contribution < -0.4 is 11.1 Å². The number of aldehydes is 1. The summed E-state index contributed by atoms with van der Waals surface area (Å²) in [6, 6.07) is 16.6. The number of nitrogens with one attached hydrogen (secondary N) is 1. The third kappa shape index (κ3) is 3.03. The summed E-state index contributed by atoms with van der Waals surface area (Å²) in [6.07, 6.45) is 2.42. The standard InChI is InChI=1S/C18H14ClN3O/c19-17-12(11-23)5-3-7-14(17)13-6-1-2-9-16(13)22-18-15(20)8-4-10-21-18/h1-11H,20H2,(H,21,22). The number of aromatic nitrogens is 1. The highest BCUT2D eigenvalue weighted by Gasteiger charge is 2.12. The summed E-state index contributed by atoms with van der Waals surface area (Å²) in [6.45, 7) is 0. The van der Waals surface area contributed by atoms with E-state index in [0.717, 1.165) is 23.1 Å². The Bertz CT molecular complexity index is 864. The zero-order valence-corrected chi connectivity index (χ0v) is 12.9. The van der Waals surface area contributed by atoms with E-state index in [2.05, 4.69) is 10.3 Å². The zero-order valence-electron chi connectivity index (χ0n) is 12.2. The minimum Gasteiger partial charge on any atom is -0.396 e. The molecule has 3 N–H and O–H groups in total. The fraction of sp³-hybridized carbons (Fsp3) is 0. The lowest BCUT2D eigenvalue weighted by molar-refractivity contribution is 0.112. The molecule has 114 valence electrons. The average molecular weight is 324 g/mol. The van der Waals surface area contributed by atoms with E-state index < -0.39 is 0 Å². The van der Waals surface area contributed by atoms with E-state index in [9.17, 15) is 4.79 Å². The van der Waals surface area contributed by atoms with Crippen molar-refractivity contribution in [2.45, 2.75) is 0 Å². The first-order valence-electron chi connectivity index (χ1n) is 7.01. The summed E-state index contributed by atoms with van der Waals surface area (Å²) in [5, 5.41) is 3.64. The Morgan fingerprint density at radius 3 is 2.57 bits per heavy atom. The Kier molecular flexibility index (Phi) is 4.26. The number of hydrogen-bond acceptors (Lipinski definition) is 4. The smallest absolute Gasteiger partial charge is 0.153 e. The van der Waals surface area contributed by atoms with E-state index in [0.29, 0.717) is 22.1 Å². The Morgan fingerprint density at radius 1 is 1.00 bits per heavy atom. The number of carbonyl (C=O) groups excluding carboxylic acids is 1. The van der Waals surface area contributed by atoms with Crippen molar-refractivity contribution in [2.75, 3.05) is 11.1 Å². The van der Waals surface area contributed by atoms with Gasteiger partial charge in [0.2, 0.25) is 0 Å². The highest BCUT2D eigenvalue weighted by molar-refractivity contribution is 6.35. The van der Waals surface area contributed by atoms with Crippen LogP contribution in [0.1, 0.15) is 10.4 Å². The summed E-state index contributed by atoms with van der Waals surface area (Å²) in [5.41, 5.74) is 9.39. The van der Waals surface area contributed by atoms with Crippen molar-refractivity contribution in [3.05, 3.63) is 71.4 Å². The molecule has 1 heterocycles. The third-order valence-electron chi connectivity index (χ3n) is 3.46. The summed E-state index contributed by atoms with van der Waals surface area (Å²) >= 11 is 6.35. The molecule has 0 saturated carbocycles. The molecule has 0 radical (unpaired) electrons. The number of nitrogens with zero attached hydrogens (tertiary/aromatic N) is 1. The highest BCUT2D eigenvalue weighted by Crippen LogP contribution is 2.36. The van der Waals surface area contributed by atoms with Crippen LogP contribution in [0.3, 0.4) is 0 Å². The normalized spacial score (nSPS) is 10.3. The van der Waals surface area contributed by atoms with Crippen LogP contribution in [0.2, 0.25) is 5.02 Å². The fourth-order valence-corrected chi connectivity index (χ4v) is 2.60. The van der Waals surface area contributed by atoms with Gasteiger partial charge in [-0.15, -0.1) is 0 Å². The molecule has 23 heavy (non-hydrogen) atoms. The van der Waals surface area contributed by atoms with E-state index in [1.54, 1.807) is 30.5 Å². The molecule has 1 aromatic heterocycles. The number of carbonyl (C=O) groups is 1. The summed E-state index contributed by atoms with van der Waals surface area (Å²) in [4.78, 5) is 15.3. The first-order valence-corrected chi connectivity index (χ1v) is 7.39. The van der Waals surface area contributed by atoms with E-state index in [4.69, 9.17) is 17.3 Å². The molecule has 2 aromatic carbocycles. The summed E-state index contributed by atoms with van der Waals surface area (Å²) in [5.74, 6) is 0.572. The first kappa shape index (κ1) is 15.1. The van der Waals surface area contributed by atoms with E-state index >= 15 is 0 Å². The minimum absolute atomic E-state index is 0.422. The number of benzene rings is 2. The van der Waals surface area contributed by atoms with Crippen molar-refractivity contribution < 1.29 is 4.79 Å². The molecule has 0 spiro atoms. The van der Waals surface area contributed by atoms with Crippen molar-refractivity contribution in [3.8, 4) is 11.1 Å². The lowest BCUT2D eigenvalue weighted by atomic mass is 10.0. The average Bonchev–Trinajstić information content (AvgIpc) is 2.58. The molecule has 0 aliphatic carbocycles. The quantitative estimate of drug-likeness (QED) is 0.692. The lowest BCUT2D eigenvalue weighted by Gasteiger charge is -2.14. The van der Waals surface area contributed by atoms with E-state index in [1.165, 1.54) is 0 Å². The predicted octanol–water partition coefficient (Wildman–Crippen LogP) is 4.54. The van der Waals surface area contributed by atoms with E-state index in [-0.39, 0.29) is 0 Å². The molecule has 0 unspecified atom stereocenters. The van der Waals surface area contributed by atoms with Gasteiger partial charge < -0.3 is 11.1 Å². The number of pyridine rings is 1. The largest absolute Gasteiger partial charge is 0.396 e. The number of nitrogen functional groups attached to an aromatic ring is 1. The van der Waals surface area contributed by atoms with Gasteiger partial charge in [0, 0.05) is 28.6 Å². The van der Waals surface area contributed by atoms with Crippen LogP contribution in [0.4, 0.5) is 17.2 Å². The van der Waals surface area contributed by atoms with Gasteiger partial charge in [-0.2, -0.15) is 0 Å². The Hall–Kier alpha value is -2.85. The Labute approximate surface area is 138 Å². The molecule has 4 nitrogen and oxygen atoms in total. The SMILES string of the molecule is Nc1cccnc1Nc1ccccc1-c1cccc(C=O)c1Cl. The van der Waals surface area contributed by atoms with Gasteiger partial charge in [0.05, 0.1) is 10.7 Å². The number of rotatable bonds is 4. The molecule has 3 rings (SSSR count). The van der Waals surface area contributed by atoms with Gasteiger partial charge in [-0.25, -0.2) is 4.98 Å². The second-order valence-electron chi connectivity index (χ2n) is 4.94. The lowest BCUT2D eigenvalue weighted by Crippen LogP contribution is -2.00. The molecule has 0 fully saturated rings. The number of para-hydroxylation sites is 1. The number of anilines is 3. The van der Waals surface area contributed by atoms with Crippen molar-refractivity contribution in [2.24, 2.45) is 0 Å². The monoisotopic (exact) mass is 323 g/mol.